The number of likely N-dealkylation sites (tertiary alicyclic amines) is 1. The van der Waals surface area contributed by atoms with Crippen LogP contribution in [-0.4, -0.2) is 40.4 Å². The Morgan fingerprint density at radius 3 is 2.22 bits per heavy atom. The second-order valence-electron chi connectivity index (χ2n) is 4.48. The largest absolute Gasteiger partial charge is 0.416 e. The number of aliphatic hydroxyl groups excluding tert-OH is 2. The zero-order valence-electron chi connectivity index (χ0n) is 9.56. The summed E-state index contributed by atoms with van der Waals surface area (Å²) in [6.07, 6.45) is -6.15. The molecule has 2 N–H and O–H groups in total. The van der Waals surface area contributed by atoms with Gasteiger partial charge >= 0.3 is 6.18 Å². The Morgan fingerprint density at radius 1 is 1.11 bits per heavy atom. The third-order valence-corrected chi connectivity index (χ3v) is 3.05. The molecule has 0 aromatic heterocycles. The highest BCUT2D eigenvalue weighted by molar-refractivity contribution is 5.29. The van der Waals surface area contributed by atoms with Crippen LogP contribution in [0.5, 0.6) is 0 Å². The summed E-state index contributed by atoms with van der Waals surface area (Å²) in [7, 11) is 0. The Balaban J connectivity index is 2.15. The third-order valence-electron chi connectivity index (χ3n) is 3.05. The van der Waals surface area contributed by atoms with Gasteiger partial charge < -0.3 is 10.2 Å². The smallest absolute Gasteiger partial charge is 0.389 e. The number of β-amino-alcohol motifs (C(OH)–C–C–N with tert-alkyl or cyclic N) is 2. The van der Waals surface area contributed by atoms with E-state index in [1.54, 1.807) is 11.0 Å². The number of aliphatic hydroxyl groups is 2. The molecule has 1 fully saturated rings. The molecule has 2 atom stereocenters. The second-order valence-corrected chi connectivity index (χ2v) is 4.48. The minimum atomic E-state index is -4.38. The van der Waals surface area contributed by atoms with Gasteiger partial charge in [-0.1, -0.05) is 18.2 Å². The summed E-state index contributed by atoms with van der Waals surface area (Å²) in [5, 5.41) is 18.7. The van der Waals surface area contributed by atoms with E-state index in [2.05, 4.69) is 0 Å². The molecular weight excluding hydrogens is 247 g/mol. The van der Waals surface area contributed by atoms with Crippen molar-refractivity contribution in [2.45, 2.75) is 24.9 Å². The van der Waals surface area contributed by atoms with Crippen LogP contribution in [0.15, 0.2) is 24.3 Å². The van der Waals surface area contributed by atoms with E-state index in [0.717, 1.165) is 6.07 Å². The minimum absolute atomic E-state index is 0.0732. The average Bonchev–Trinajstić information content (AvgIpc) is 2.57. The molecule has 1 aromatic rings. The third kappa shape index (κ3) is 2.82. The number of nitrogens with zero attached hydrogens (tertiary/aromatic N) is 1. The summed E-state index contributed by atoms with van der Waals surface area (Å²) >= 11 is 0. The summed E-state index contributed by atoms with van der Waals surface area (Å²) in [4.78, 5) is 1.61. The zero-order chi connectivity index (χ0) is 13.3. The van der Waals surface area contributed by atoms with Crippen LogP contribution in [0.3, 0.4) is 0 Å². The predicted molar refractivity (Wildman–Crippen MR) is 58.7 cm³/mol. The molecule has 1 heterocycles. The van der Waals surface area contributed by atoms with Crippen molar-refractivity contribution in [1.29, 1.82) is 0 Å². The Hall–Kier alpha value is -1.11. The number of hydrogen-bond acceptors (Lipinski definition) is 3. The van der Waals surface area contributed by atoms with Crippen LogP contribution in [0, 0.1) is 0 Å². The highest BCUT2D eigenvalue weighted by atomic mass is 19.4. The van der Waals surface area contributed by atoms with Crippen molar-refractivity contribution in [3.63, 3.8) is 0 Å². The SMILES string of the molecule is OC1CN(Cc2ccccc2C(F)(F)F)CC1O. The average molecular weight is 261 g/mol. The first-order valence-corrected chi connectivity index (χ1v) is 5.61. The van der Waals surface area contributed by atoms with Crippen LogP contribution in [0.4, 0.5) is 13.2 Å². The molecule has 3 nitrogen and oxygen atoms in total. The first-order valence-electron chi connectivity index (χ1n) is 5.61. The molecule has 2 unspecified atom stereocenters. The molecule has 1 saturated heterocycles. The molecule has 100 valence electrons. The highest BCUT2D eigenvalue weighted by Gasteiger charge is 2.35. The normalized spacial score (nSPS) is 25.6. The minimum Gasteiger partial charge on any atom is -0.389 e. The molecular formula is C12H14F3NO2. The number of benzene rings is 1. The topological polar surface area (TPSA) is 43.7 Å². The van der Waals surface area contributed by atoms with E-state index < -0.39 is 23.9 Å². The highest BCUT2D eigenvalue weighted by Crippen LogP contribution is 2.32. The maximum absolute atomic E-state index is 12.8. The van der Waals surface area contributed by atoms with Gasteiger partial charge in [0, 0.05) is 19.6 Å². The van der Waals surface area contributed by atoms with Gasteiger partial charge in [0.2, 0.25) is 0 Å². The van der Waals surface area contributed by atoms with Crippen LogP contribution in [0.1, 0.15) is 11.1 Å². The van der Waals surface area contributed by atoms with Crippen LogP contribution in [-0.2, 0) is 12.7 Å². The van der Waals surface area contributed by atoms with Gasteiger partial charge in [-0.25, -0.2) is 0 Å². The van der Waals surface area contributed by atoms with Crippen molar-refractivity contribution >= 4 is 0 Å². The Morgan fingerprint density at radius 2 is 1.67 bits per heavy atom. The molecule has 0 spiro atoms. The fourth-order valence-electron chi connectivity index (χ4n) is 2.15. The number of hydrogen-bond donors (Lipinski definition) is 2. The van der Waals surface area contributed by atoms with Gasteiger partial charge in [-0.2, -0.15) is 13.2 Å². The Kier molecular flexibility index (Phi) is 3.61. The van der Waals surface area contributed by atoms with E-state index in [4.69, 9.17) is 0 Å². The first-order chi connectivity index (χ1) is 8.38. The van der Waals surface area contributed by atoms with E-state index in [0.29, 0.717) is 0 Å². The van der Waals surface area contributed by atoms with Crippen LogP contribution >= 0.6 is 0 Å². The van der Waals surface area contributed by atoms with E-state index in [9.17, 15) is 23.4 Å². The van der Waals surface area contributed by atoms with E-state index in [1.807, 2.05) is 0 Å². The fraction of sp³-hybridized carbons (Fsp3) is 0.500. The van der Waals surface area contributed by atoms with Gasteiger partial charge in [-0.15, -0.1) is 0 Å². The van der Waals surface area contributed by atoms with E-state index in [-0.39, 0.29) is 25.2 Å². The standard InChI is InChI=1S/C12H14F3NO2/c13-12(14,15)9-4-2-1-3-8(9)5-16-6-10(17)11(18)7-16/h1-4,10-11,17-18H,5-7H2. The number of halogens is 3. The Bertz CT molecular complexity index is 412. The summed E-state index contributed by atoms with van der Waals surface area (Å²) < 4.78 is 38.3. The molecule has 1 aliphatic heterocycles. The summed E-state index contributed by atoms with van der Waals surface area (Å²) in [5.74, 6) is 0. The van der Waals surface area contributed by atoms with E-state index in [1.165, 1.54) is 12.1 Å². The molecule has 2 rings (SSSR count). The van der Waals surface area contributed by atoms with Gasteiger partial charge in [0.15, 0.2) is 0 Å². The maximum Gasteiger partial charge on any atom is 0.416 e. The van der Waals surface area contributed by atoms with Gasteiger partial charge in [-0.05, 0) is 11.6 Å². The molecule has 18 heavy (non-hydrogen) atoms. The van der Waals surface area contributed by atoms with Crippen molar-refractivity contribution in [1.82, 2.24) is 4.90 Å². The van der Waals surface area contributed by atoms with Crippen molar-refractivity contribution in [3.05, 3.63) is 35.4 Å². The van der Waals surface area contributed by atoms with Crippen molar-refractivity contribution < 1.29 is 23.4 Å². The predicted octanol–water partition coefficient (Wildman–Crippen LogP) is 1.24. The maximum atomic E-state index is 12.8. The first kappa shape index (κ1) is 13.3. The lowest BCUT2D eigenvalue weighted by atomic mass is 10.1. The quantitative estimate of drug-likeness (QED) is 0.842. The van der Waals surface area contributed by atoms with Crippen molar-refractivity contribution in [2.24, 2.45) is 0 Å². The lowest BCUT2D eigenvalue weighted by molar-refractivity contribution is -0.138. The summed E-state index contributed by atoms with van der Waals surface area (Å²) in [6, 6.07) is 5.35. The molecule has 0 saturated carbocycles. The van der Waals surface area contributed by atoms with Gasteiger partial charge in [0.25, 0.3) is 0 Å². The van der Waals surface area contributed by atoms with Crippen LogP contribution < -0.4 is 0 Å². The fourth-order valence-corrected chi connectivity index (χ4v) is 2.15. The lowest BCUT2D eigenvalue weighted by Crippen LogP contribution is -2.23. The van der Waals surface area contributed by atoms with E-state index >= 15 is 0 Å². The Labute approximate surface area is 102 Å². The van der Waals surface area contributed by atoms with Gasteiger partial charge in [0.1, 0.15) is 0 Å². The molecule has 0 bridgehead atoms. The summed E-state index contributed by atoms with van der Waals surface area (Å²) in [5.41, 5.74) is -0.507. The van der Waals surface area contributed by atoms with Gasteiger partial charge in [0.05, 0.1) is 17.8 Å². The van der Waals surface area contributed by atoms with Crippen molar-refractivity contribution in [2.75, 3.05) is 13.1 Å². The second kappa shape index (κ2) is 4.87. The number of rotatable bonds is 2. The summed E-state index contributed by atoms with van der Waals surface area (Å²) in [6.45, 7) is 0.449. The lowest BCUT2D eigenvalue weighted by Gasteiger charge is -2.18. The molecule has 6 heteroatoms. The number of alkyl halides is 3. The molecule has 0 radical (unpaired) electrons. The molecule has 0 amide bonds. The van der Waals surface area contributed by atoms with Crippen molar-refractivity contribution in [3.8, 4) is 0 Å². The molecule has 0 aliphatic carbocycles. The van der Waals surface area contributed by atoms with Crippen LogP contribution in [0.25, 0.3) is 0 Å². The monoisotopic (exact) mass is 261 g/mol. The molecule has 1 aliphatic rings. The van der Waals surface area contributed by atoms with Crippen LogP contribution in [0.2, 0.25) is 0 Å². The molecule has 1 aromatic carbocycles. The zero-order valence-corrected chi connectivity index (χ0v) is 9.56. The van der Waals surface area contributed by atoms with Gasteiger partial charge in [-0.3, -0.25) is 4.90 Å².